The molecule has 2 aliphatic carbocycles. The third-order valence-electron chi connectivity index (χ3n) is 6.32. The molecule has 2 aromatic carbocycles. The van der Waals surface area contributed by atoms with Crippen LogP contribution in [0, 0.1) is 0 Å². The first-order valence-corrected chi connectivity index (χ1v) is 11.7. The number of anilines is 2. The number of carbonyl (C=O) groups is 2. The second-order valence-electron chi connectivity index (χ2n) is 9.05. The fourth-order valence-electron chi connectivity index (χ4n) is 4.22. The second kappa shape index (κ2) is 9.23. The van der Waals surface area contributed by atoms with Crippen molar-refractivity contribution in [2.24, 2.45) is 4.99 Å². The normalized spacial score (nSPS) is 21.8. The summed E-state index contributed by atoms with van der Waals surface area (Å²) in [5.41, 5.74) is 4.00. The van der Waals surface area contributed by atoms with Crippen LogP contribution in [0.1, 0.15) is 64.3 Å². The van der Waals surface area contributed by atoms with Gasteiger partial charge in [0.15, 0.2) is 5.96 Å². The molecule has 1 heterocycles. The zero-order valence-electron chi connectivity index (χ0n) is 18.4. The highest BCUT2D eigenvalue weighted by molar-refractivity contribution is 6.03. The van der Waals surface area contributed by atoms with Gasteiger partial charge in [0.1, 0.15) is 0 Å². The molecular formula is C25H29N5O3. The van der Waals surface area contributed by atoms with Crippen molar-refractivity contribution in [1.82, 2.24) is 16.0 Å². The first-order valence-electron chi connectivity index (χ1n) is 11.7. The highest BCUT2D eigenvalue weighted by atomic mass is 16.3. The minimum Gasteiger partial charge on any atom is -0.393 e. The Balaban J connectivity index is 1.31. The number of carbonyl (C=O) groups excluding carboxylic acids is 2. The summed E-state index contributed by atoms with van der Waals surface area (Å²) in [6, 6.07) is 13.1. The van der Waals surface area contributed by atoms with Crippen molar-refractivity contribution in [3.63, 3.8) is 0 Å². The van der Waals surface area contributed by atoms with Crippen LogP contribution in [0.2, 0.25) is 0 Å². The van der Waals surface area contributed by atoms with E-state index in [-0.39, 0.29) is 24.0 Å². The summed E-state index contributed by atoms with van der Waals surface area (Å²) in [7, 11) is 0. The minimum absolute atomic E-state index is 0.0400. The summed E-state index contributed by atoms with van der Waals surface area (Å²) in [5, 5.41) is 22.0. The first-order chi connectivity index (χ1) is 16.0. The Morgan fingerprint density at radius 2 is 1.79 bits per heavy atom. The molecule has 0 radical (unpaired) electrons. The number of nitrogens with zero attached hydrogens (tertiary/aromatic N) is 1. The van der Waals surface area contributed by atoms with Gasteiger partial charge in [0.05, 0.1) is 6.10 Å². The number of benzene rings is 2. The third kappa shape index (κ3) is 5.17. The van der Waals surface area contributed by atoms with Crippen LogP contribution in [-0.4, -0.2) is 48.1 Å². The molecule has 8 heteroatoms. The number of rotatable bonds is 6. The molecule has 8 nitrogen and oxygen atoms in total. The van der Waals surface area contributed by atoms with E-state index < -0.39 is 0 Å². The highest BCUT2D eigenvalue weighted by Crippen LogP contribution is 2.44. The van der Waals surface area contributed by atoms with Gasteiger partial charge >= 0.3 is 0 Å². The summed E-state index contributed by atoms with van der Waals surface area (Å²) in [4.78, 5) is 29.4. The van der Waals surface area contributed by atoms with Crippen LogP contribution in [0.5, 0.6) is 0 Å². The lowest BCUT2D eigenvalue weighted by Crippen LogP contribution is -2.46. The van der Waals surface area contributed by atoms with Crippen LogP contribution in [0.4, 0.5) is 11.4 Å². The van der Waals surface area contributed by atoms with Gasteiger partial charge in [-0.2, -0.15) is 4.99 Å². The van der Waals surface area contributed by atoms with Gasteiger partial charge in [-0.25, -0.2) is 0 Å². The van der Waals surface area contributed by atoms with Crippen LogP contribution < -0.4 is 21.3 Å². The lowest BCUT2D eigenvalue weighted by Gasteiger charge is -2.31. The first kappa shape index (κ1) is 21.5. The summed E-state index contributed by atoms with van der Waals surface area (Å²) < 4.78 is 0. The minimum atomic E-state index is -0.305. The third-order valence-corrected chi connectivity index (χ3v) is 6.32. The molecule has 0 unspecified atom stereocenters. The Morgan fingerprint density at radius 1 is 1.00 bits per heavy atom. The number of aliphatic imine (C=N–C) groups is 1. The van der Waals surface area contributed by atoms with Gasteiger partial charge < -0.3 is 26.4 Å². The zero-order valence-corrected chi connectivity index (χ0v) is 18.4. The predicted octanol–water partition coefficient (Wildman–Crippen LogP) is 2.64. The van der Waals surface area contributed by atoms with Gasteiger partial charge in [0.25, 0.3) is 11.8 Å². The van der Waals surface area contributed by atoms with Crippen molar-refractivity contribution in [2.45, 2.75) is 50.2 Å². The van der Waals surface area contributed by atoms with Crippen LogP contribution in [0.3, 0.4) is 0 Å². The molecule has 0 spiro atoms. The maximum Gasteiger partial charge on any atom is 0.280 e. The smallest absolute Gasteiger partial charge is 0.280 e. The summed E-state index contributed by atoms with van der Waals surface area (Å²) >= 11 is 0. The van der Waals surface area contributed by atoms with Crippen molar-refractivity contribution in [3.05, 3.63) is 59.2 Å². The van der Waals surface area contributed by atoms with E-state index in [0.717, 1.165) is 49.3 Å². The second-order valence-corrected chi connectivity index (χ2v) is 9.05. The fraction of sp³-hybridized carbons (Fsp3) is 0.400. The number of nitrogens with one attached hydrogen (secondary N) is 4. The summed E-state index contributed by atoms with van der Waals surface area (Å²) in [6.07, 6.45) is 4.11. The van der Waals surface area contributed by atoms with Gasteiger partial charge in [-0.05, 0) is 80.0 Å². The average molecular weight is 448 g/mol. The number of guanidine groups is 1. The molecule has 2 saturated carbocycles. The van der Waals surface area contributed by atoms with Gasteiger partial charge in [0, 0.05) is 41.6 Å². The molecule has 0 atom stereocenters. The maximum atomic E-state index is 12.7. The fourth-order valence-corrected chi connectivity index (χ4v) is 4.22. The molecule has 5 rings (SSSR count). The topological polar surface area (TPSA) is 115 Å². The lowest BCUT2D eigenvalue weighted by molar-refractivity contribution is 0.0562. The van der Waals surface area contributed by atoms with E-state index in [0.29, 0.717) is 35.8 Å². The predicted molar refractivity (Wildman–Crippen MR) is 127 cm³/mol. The lowest BCUT2D eigenvalue weighted by atomic mass is 9.89. The number of amides is 2. The van der Waals surface area contributed by atoms with E-state index in [1.807, 2.05) is 30.3 Å². The molecule has 2 aromatic rings. The SMILES string of the molecule is O=C(N=C1NCCCN1)c1ccc(Nc2cccc(C(=O)NC3CC(O)C3)c2)c(C2CC2)c1. The van der Waals surface area contributed by atoms with E-state index in [1.54, 1.807) is 12.1 Å². The van der Waals surface area contributed by atoms with Crippen molar-refractivity contribution >= 4 is 29.1 Å². The van der Waals surface area contributed by atoms with Crippen molar-refractivity contribution in [2.75, 3.05) is 18.4 Å². The summed E-state index contributed by atoms with van der Waals surface area (Å²) in [6.45, 7) is 1.63. The molecular weight excluding hydrogens is 418 g/mol. The molecule has 172 valence electrons. The zero-order chi connectivity index (χ0) is 22.8. The van der Waals surface area contributed by atoms with Crippen LogP contribution >= 0.6 is 0 Å². The van der Waals surface area contributed by atoms with E-state index in [9.17, 15) is 14.7 Å². The van der Waals surface area contributed by atoms with E-state index >= 15 is 0 Å². The Labute approximate surface area is 192 Å². The molecule has 33 heavy (non-hydrogen) atoms. The number of hydrogen-bond donors (Lipinski definition) is 5. The molecule has 3 fully saturated rings. The number of aliphatic hydroxyl groups is 1. The molecule has 1 aliphatic heterocycles. The van der Waals surface area contributed by atoms with Crippen molar-refractivity contribution in [3.8, 4) is 0 Å². The number of hydrogen-bond acceptors (Lipinski definition) is 4. The van der Waals surface area contributed by atoms with Gasteiger partial charge in [-0.15, -0.1) is 0 Å². The molecule has 3 aliphatic rings. The molecule has 0 aromatic heterocycles. The van der Waals surface area contributed by atoms with Gasteiger partial charge in [-0.3, -0.25) is 9.59 Å². The monoisotopic (exact) mass is 447 g/mol. The molecule has 1 saturated heterocycles. The van der Waals surface area contributed by atoms with Crippen LogP contribution in [-0.2, 0) is 0 Å². The molecule has 5 N–H and O–H groups in total. The summed E-state index contributed by atoms with van der Waals surface area (Å²) in [5.74, 6) is 0.561. The largest absolute Gasteiger partial charge is 0.393 e. The number of aliphatic hydroxyl groups excluding tert-OH is 1. The molecule has 0 bridgehead atoms. The van der Waals surface area contributed by atoms with Crippen LogP contribution in [0.25, 0.3) is 0 Å². The average Bonchev–Trinajstić information content (AvgIpc) is 3.64. The Hall–Kier alpha value is -3.39. The van der Waals surface area contributed by atoms with Gasteiger partial charge in [-0.1, -0.05) is 6.07 Å². The van der Waals surface area contributed by atoms with Crippen molar-refractivity contribution in [1.29, 1.82) is 0 Å². The van der Waals surface area contributed by atoms with E-state index in [1.165, 1.54) is 0 Å². The maximum absolute atomic E-state index is 12.7. The standard InChI is InChI=1S/C25H29N5O3/c31-20-13-19(14-20)29-23(32)16-3-1-4-18(11-16)28-22-8-7-17(12-21(22)15-5-6-15)24(33)30-25-26-9-2-10-27-25/h1,3-4,7-8,11-12,15,19-20,28,31H,2,5-6,9-10,13-14H2,(H,29,32)(H2,26,27,30,33). The Morgan fingerprint density at radius 3 is 2.52 bits per heavy atom. The quantitative estimate of drug-likeness (QED) is 0.465. The molecule has 2 amide bonds. The van der Waals surface area contributed by atoms with Gasteiger partial charge in [0.2, 0.25) is 0 Å². The Bertz CT molecular complexity index is 1080. The highest BCUT2D eigenvalue weighted by Gasteiger charge is 2.29. The Kier molecular flexibility index (Phi) is 6.00. The van der Waals surface area contributed by atoms with E-state index in [2.05, 4.69) is 26.3 Å². The van der Waals surface area contributed by atoms with Crippen molar-refractivity contribution < 1.29 is 14.7 Å². The van der Waals surface area contributed by atoms with Crippen LogP contribution in [0.15, 0.2) is 47.5 Å². The van der Waals surface area contributed by atoms with E-state index in [4.69, 9.17) is 0 Å².